The molecule has 3 aliphatic carbocycles. The van der Waals surface area contributed by atoms with Crippen LogP contribution in [-0.2, 0) is 6.18 Å². The summed E-state index contributed by atoms with van der Waals surface area (Å²) in [5, 5.41) is 0. The van der Waals surface area contributed by atoms with Gasteiger partial charge in [0.2, 0.25) is 0 Å². The van der Waals surface area contributed by atoms with Gasteiger partial charge < -0.3 is 0 Å². The van der Waals surface area contributed by atoms with E-state index in [1.807, 2.05) is 0 Å². The molecule has 5 rings (SSSR count). The highest BCUT2D eigenvalue weighted by Crippen LogP contribution is 2.57. The number of rotatable bonds is 2. The predicted octanol–water partition coefficient (Wildman–Crippen LogP) is 7.37. The van der Waals surface area contributed by atoms with Crippen LogP contribution >= 0.6 is 0 Å². The second-order valence-corrected chi connectivity index (χ2v) is 10.9. The van der Waals surface area contributed by atoms with Crippen molar-refractivity contribution < 1.29 is 13.2 Å². The van der Waals surface area contributed by atoms with Crippen molar-refractivity contribution in [1.29, 1.82) is 0 Å². The summed E-state index contributed by atoms with van der Waals surface area (Å²) < 4.78 is 39.2. The lowest BCUT2D eigenvalue weighted by molar-refractivity contribution is -0.137. The zero-order chi connectivity index (χ0) is 20.8. The number of nitrogens with zero attached hydrogens (tertiary/aromatic N) is 1. The Morgan fingerprint density at radius 1 is 0.833 bits per heavy atom. The molecule has 0 N–H and O–H groups in total. The lowest BCUT2D eigenvalue weighted by Crippen LogP contribution is -2.56. The normalized spacial score (nSPS) is 31.6. The summed E-state index contributed by atoms with van der Waals surface area (Å²) in [4.78, 5) is 2.83. The summed E-state index contributed by atoms with van der Waals surface area (Å²) in [7, 11) is 0. The number of alkyl halides is 3. The largest absolute Gasteiger partial charge is 0.416 e. The number of piperidine rings is 1. The molecule has 4 fully saturated rings. The Morgan fingerprint density at radius 3 is 1.93 bits per heavy atom. The minimum absolute atomic E-state index is 0.330. The van der Waals surface area contributed by atoms with Gasteiger partial charge in [0, 0.05) is 19.1 Å². The third-order valence-electron chi connectivity index (χ3n) is 8.84. The zero-order valence-corrected chi connectivity index (χ0v) is 18.0. The lowest BCUT2D eigenvalue weighted by Gasteiger charge is -2.54. The van der Waals surface area contributed by atoms with Crippen molar-refractivity contribution in [2.75, 3.05) is 13.1 Å². The molecule has 1 heterocycles. The molecule has 0 unspecified atom stereocenters. The molecular formula is C26H35F3N. The van der Waals surface area contributed by atoms with E-state index in [0.29, 0.717) is 22.8 Å². The van der Waals surface area contributed by atoms with E-state index in [1.54, 1.807) is 12.1 Å². The van der Waals surface area contributed by atoms with Crippen LogP contribution in [0.3, 0.4) is 0 Å². The second kappa shape index (κ2) is 7.83. The SMILES string of the molecule is FC(F)(F)c1ccc([C@@H]2C[CH]CC[C@H]2N2CC3(CCCC3)CC3(CCCC3)C2)cc1. The quantitative estimate of drug-likeness (QED) is 0.484. The van der Waals surface area contributed by atoms with Crippen molar-refractivity contribution >= 4 is 0 Å². The van der Waals surface area contributed by atoms with Crippen LogP contribution in [0.5, 0.6) is 0 Å². The molecule has 4 heteroatoms. The highest BCUT2D eigenvalue weighted by Gasteiger charge is 2.51. The maximum absolute atomic E-state index is 13.1. The third kappa shape index (κ3) is 3.94. The van der Waals surface area contributed by atoms with Crippen LogP contribution in [0.4, 0.5) is 13.2 Å². The highest BCUT2D eigenvalue weighted by atomic mass is 19.4. The van der Waals surface area contributed by atoms with Crippen LogP contribution in [0.25, 0.3) is 0 Å². The third-order valence-corrected chi connectivity index (χ3v) is 8.84. The van der Waals surface area contributed by atoms with E-state index in [0.717, 1.165) is 24.8 Å². The van der Waals surface area contributed by atoms with Crippen molar-refractivity contribution in [2.24, 2.45) is 10.8 Å². The first-order valence-corrected chi connectivity index (χ1v) is 12.1. The monoisotopic (exact) mass is 418 g/mol. The molecule has 1 nitrogen and oxygen atoms in total. The summed E-state index contributed by atoms with van der Waals surface area (Å²) in [6, 6.07) is 6.55. The summed E-state index contributed by atoms with van der Waals surface area (Å²) in [6.07, 6.45) is 13.9. The van der Waals surface area contributed by atoms with Crippen LogP contribution in [-0.4, -0.2) is 24.0 Å². The molecule has 4 aliphatic rings. The maximum atomic E-state index is 13.1. The molecular weight excluding hydrogens is 383 g/mol. The predicted molar refractivity (Wildman–Crippen MR) is 114 cm³/mol. The molecule has 2 atom stereocenters. The fraction of sp³-hybridized carbons (Fsp3) is 0.731. The van der Waals surface area contributed by atoms with Crippen molar-refractivity contribution in [2.45, 2.75) is 95.2 Å². The number of likely N-dealkylation sites (tertiary alicyclic amines) is 1. The molecule has 1 radical (unpaired) electrons. The first-order chi connectivity index (χ1) is 14.4. The molecule has 3 saturated carbocycles. The molecule has 1 aromatic carbocycles. The number of halogens is 3. The van der Waals surface area contributed by atoms with E-state index >= 15 is 0 Å². The minimum Gasteiger partial charge on any atom is -0.299 e. The number of benzene rings is 1. The van der Waals surface area contributed by atoms with Gasteiger partial charge in [-0.3, -0.25) is 4.90 Å². The number of hydrogen-bond donors (Lipinski definition) is 0. The van der Waals surface area contributed by atoms with E-state index in [2.05, 4.69) is 11.3 Å². The molecule has 30 heavy (non-hydrogen) atoms. The Kier molecular flexibility index (Phi) is 5.44. The first kappa shape index (κ1) is 20.8. The van der Waals surface area contributed by atoms with Crippen molar-refractivity contribution in [3.05, 3.63) is 41.8 Å². The zero-order valence-electron chi connectivity index (χ0n) is 18.0. The van der Waals surface area contributed by atoms with Gasteiger partial charge in [0.05, 0.1) is 5.56 Å². The van der Waals surface area contributed by atoms with Gasteiger partial charge in [-0.1, -0.05) is 37.8 Å². The smallest absolute Gasteiger partial charge is 0.299 e. The van der Waals surface area contributed by atoms with Gasteiger partial charge in [-0.05, 0) is 92.2 Å². The van der Waals surface area contributed by atoms with Gasteiger partial charge in [-0.2, -0.15) is 13.2 Å². The average molecular weight is 419 g/mol. The summed E-state index contributed by atoms with van der Waals surface area (Å²) in [5.41, 5.74) is 1.58. The molecule has 0 aromatic heterocycles. The lowest BCUT2D eigenvalue weighted by atomic mass is 9.64. The van der Waals surface area contributed by atoms with Gasteiger partial charge in [-0.15, -0.1) is 0 Å². The fourth-order valence-electron chi connectivity index (χ4n) is 7.64. The van der Waals surface area contributed by atoms with Gasteiger partial charge in [0.15, 0.2) is 0 Å². The average Bonchev–Trinajstić information content (AvgIpc) is 3.37. The van der Waals surface area contributed by atoms with E-state index in [-0.39, 0.29) is 0 Å². The van der Waals surface area contributed by atoms with Crippen molar-refractivity contribution in [3.8, 4) is 0 Å². The molecule has 1 aliphatic heterocycles. The van der Waals surface area contributed by atoms with Crippen molar-refractivity contribution in [3.63, 3.8) is 0 Å². The minimum atomic E-state index is -4.26. The van der Waals surface area contributed by atoms with Crippen LogP contribution in [0.15, 0.2) is 24.3 Å². The first-order valence-electron chi connectivity index (χ1n) is 12.1. The van der Waals surface area contributed by atoms with E-state index in [1.165, 1.54) is 83.0 Å². The van der Waals surface area contributed by atoms with Crippen LogP contribution in [0.2, 0.25) is 0 Å². The fourth-order valence-corrected chi connectivity index (χ4v) is 7.64. The number of hydrogen-bond acceptors (Lipinski definition) is 1. The molecule has 0 bridgehead atoms. The van der Waals surface area contributed by atoms with E-state index < -0.39 is 11.7 Å². The second-order valence-electron chi connectivity index (χ2n) is 10.9. The molecule has 1 saturated heterocycles. The summed E-state index contributed by atoms with van der Waals surface area (Å²) in [6.45, 7) is 2.44. The highest BCUT2D eigenvalue weighted by molar-refractivity contribution is 5.29. The van der Waals surface area contributed by atoms with E-state index in [4.69, 9.17) is 0 Å². The summed E-state index contributed by atoms with van der Waals surface area (Å²) in [5.74, 6) is 0.330. The van der Waals surface area contributed by atoms with Crippen LogP contribution < -0.4 is 0 Å². The molecule has 165 valence electrons. The van der Waals surface area contributed by atoms with Gasteiger partial charge in [0.25, 0.3) is 0 Å². The Balaban J connectivity index is 1.41. The van der Waals surface area contributed by atoms with Gasteiger partial charge in [-0.25, -0.2) is 0 Å². The molecule has 1 aromatic rings. The maximum Gasteiger partial charge on any atom is 0.416 e. The van der Waals surface area contributed by atoms with Gasteiger partial charge in [0.1, 0.15) is 0 Å². The Hall–Kier alpha value is -1.03. The van der Waals surface area contributed by atoms with Crippen LogP contribution in [0.1, 0.15) is 94.1 Å². The Labute approximate surface area is 179 Å². The van der Waals surface area contributed by atoms with Crippen molar-refractivity contribution in [1.82, 2.24) is 4.90 Å². The Morgan fingerprint density at radius 2 is 1.40 bits per heavy atom. The molecule has 0 amide bonds. The standard InChI is InChI=1S/C26H35F3N/c27-26(28,29)21-11-9-20(10-12-21)22-7-1-2-8-23(22)30-18-24(13-3-4-14-24)17-25(19-30)15-5-6-16-25/h1,9-12,22-23H,2-8,13-19H2/t22-,23+/m0/s1. The summed E-state index contributed by atoms with van der Waals surface area (Å²) >= 11 is 0. The van der Waals surface area contributed by atoms with Crippen LogP contribution in [0, 0.1) is 17.3 Å². The van der Waals surface area contributed by atoms with Gasteiger partial charge >= 0.3 is 6.18 Å². The topological polar surface area (TPSA) is 3.24 Å². The molecule has 2 spiro atoms. The van der Waals surface area contributed by atoms with E-state index in [9.17, 15) is 13.2 Å². The Bertz CT molecular complexity index is 702.